The normalized spacial score (nSPS) is 33.0. The van der Waals surface area contributed by atoms with Crippen LogP contribution in [0.5, 0.6) is 11.5 Å². The van der Waals surface area contributed by atoms with Gasteiger partial charge in [-0.2, -0.15) is 0 Å². The van der Waals surface area contributed by atoms with E-state index in [1.807, 2.05) is 4.90 Å². The number of aliphatic hydroxyl groups excluding tert-OH is 3. The van der Waals surface area contributed by atoms with Crippen molar-refractivity contribution in [3.8, 4) is 11.5 Å². The first-order valence-corrected chi connectivity index (χ1v) is 17.0. The summed E-state index contributed by atoms with van der Waals surface area (Å²) in [6.45, 7) is 0.396. The van der Waals surface area contributed by atoms with Gasteiger partial charge in [-0.15, -0.1) is 0 Å². The Morgan fingerprint density at radius 1 is 1.09 bits per heavy atom. The first-order valence-electron chi connectivity index (χ1n) is 15.9. The fraction of sp³-hybridized carbons (Fsp3) is 0.697. The number of carbonyl (C=O) groups excluding carboxylic acids is 2. The molecule has 0 aliphatic heterocycles. The third kappa shape index (κ3) is 6.31. The predicted octanol–water partition coefficient (Wildman–Crippen LogP) is 3.55. The van der Waals surface area contributed by atoms with Crippen LogP contribution in [0.4, 0.5) is 0 Å². The summed E-state index contributed by atoms with van der Waals surface area (Å²) in [7, 11) is 1.52. The van der Waals surface area contributed by atoms with Crippen molar-refractivity contribution in [3.05, 3.63) is 32.9 Å². The molecule has 3 unspecified atom stereocenters. The molecule has 0 spiro atoms. The van der Waals surface area contributed by atoms with Gasteiger partial charge in [-0.05, 0) is 121 Å². The molecule has 0 heterocycles. The monoisotopic (exact) mass is 708 g/mol. The fourth-order valence-corrected chi connectivity index (χ4v) is 9.78. The van der Waals surface area contributed by atoms with Crippen LogP contribution in [0.25, 0.3) is 0 Å². The summed E-state index contributed by atoms with van der Waals surface area (Å²) in [4.78, 5) is 29.5. The zero-order valence-corrected chi connectivity index (χ0v) is 27.1. The number of nitrogens with zero attached hydrogens (tertiary/aromatic N) is 1. The van der Waals surface area contributed by atoms with Gasteiger partial charge in [-0.25, -0.2) is 0 Å². The Labute approximate surface area is 267 Å². The lowest BCUT2D eigenvalue weighted by Gasteiger charge is -2.59. The van der Waals surface area contributed by atoms with Gasteiger partial charge in [0.2, 0.25) is 11.8 Å². The van der Waals surface area contributed by atoms with Gasteiger partial charge in [0.05, 0.1) is 29.9 Å². The molecule has 6 aliphatic rings. The van der Waals surface area contributed by atoms with Gasteiger partial charge < -0.3 is 35.0 Å². The number of hydrogen-bond donors (Lipinski definition) is 4. The second kappa shape index (κ2) is 12.8. The Morgan fingerprint density at radius 2 is 1.77 bits per heavy atom. The maximum atomic E-state index is 14.2. The van der Waals surface area contributed by atoms with Crippen LogP contribution in [0.3, 0.4) is 0 Å². The number of carbonyl (C=O) groups is 2. The van der Waals surface area contributed by atoms with E-state index in [0.29, 0.717) is 32.8 Å². The summed E-state index contributed by atoms with van der Waals surface area (Å²) in [5.74, 6) is 2.76. The molecular formula is C33H45IN2O7. The summed E-state index contributed by atoms with van der Waals surface area (Å²) in [5, 5.41) is 33.8. The summed E-state index contributed by atoms with van der Waals surface area (Å²) < 4.78 is 12.7. The molecule has 4 bridgehead atoms. The van der Waals surface area contributed by atoms with Crippen LogP contribution in [0, 0.1) is 32.7 Å². The topological polar surface area (TPSA) is 129 Å². The average molecular weight is 709 g/mol. The Balaban J connectivity index is 1.34. The van der Waals surface area contributed by atoms with Gasteiger partial charge in [0.15, 0.2) is 11.5 Å². The molecule has 5 saturated carbocycles. The number of methoxy groups -OCH3 is 1. The molecule has 43 heavy (non-hydrogen) atoms. The van der Waals surface area contributed by atoms with Crippen LogP contribution in [0.2, 0.25) is 0 Å². The Morgan fingerprint density at radius 3 is 2.33 bits per heavy atom. The Kier molecular flexibility index (Phi) is 9.29. The van der Waals surface area contributed by atoms with Crippen molar-refractivity contribution in [2.24, 2.45) is 29.1 Å². The van der Waals surface area contributed by atoms with Gasteiger partial charge >= 0.3 is 0 Å². The molecule has 2 amide bonds. The summed E-state index contributed by atoms with van der Waals surface area (Å²) in [5.41, 5.74) is 1.18. The maximum Gasteiger partial charge on any atom is 0.247 e. The van der Waals surface area contributed by atoms with Gasteiger partial charge in [0.1, 0.15) is 12.2 Å². The highest BCUT2D eigenvalue weighted by atomic mass is 127. The van der Waals surface area contributed by atoms with Crippen molar-refractivity contribution in [1.82, 2.24) is 10.2 Å². The maximum absolute atomic E-state index is 14.2. The summed E-state index contributed by atoms with van der Waals surface area (Å²) >= 11 is 2.12. The molecule has 1 aromatic rings. The van der Waals surface area contributed by atoms with E-state index in [4.69, 9.17) is 9.47 Å². The predicted molar refractivity (Wildman–Crippen MR) is 168 cm³/mol. The Hall–Kier alpha value is -1.89. The number of amides is 2. The first kappa shape index (κ1) is 31.1. The van der Waals surface area contributed by atoms with E-state index < -0.39 is 18.2 Å². The van der Waals surface area contributed by atoms with Crippen molar-refractivity contribution in [3.63, 3.8) is 0 Å². The van der Waals surface area contributed by atoms with Crippen LogP contribution in [-0.2, 0) is 16.2 Å². The highest BCUT2D eigenvalue weighted by Gasteiger charge is 2.53. The molecule has 4 N–H and O–H groups in total. The lowest BCUT2D eigenvalue weighted by Crippen LogP contribution is -2.60. The lowest BCUT2D eigenvalue weighted by atomic mass is 9.49. The number of aliphatic hydroxyl groups is 3. The van der Waals surface area contributed by atoms with E-state index in [2.05, 4.69) is 27.9 Å². The second-order valence-electron chi connectivity index (χ2n) is 13.8. The van der Waals surface area contributed by atoms with Crippen LogP contribution in [0.15, 0.2) is 23.8 Å². The van der Waals surface area contributed by atoms with E-state index in [1.54, 1.807) is 18.2 Å². The average Bonchev–Trinajstić information content (AvgIpc) is 2.94. The van der Waals surface area contributed by atoms with Crippen molar-refractivity contribution in [2.75, 3.05) is 26.8 Å². The molecule has 9 nitrogen and oxygen atoms in total. The fourth-order valence-electron chi connectivity index (χ4n) is 8.99. The van der Waals surface area contributed by atoms with Gasteiger partial charge in [-0.1, -0.05) is 6.42 Å². The molecule has 3 atom stereocenters. The molecule has 7 rings (SSSR count). The van der Waals surface area contributed by atoms with E-state index in [1.165, 1.54) is 26.4 Å². The van der Waals surface area contributed by atoms with Crippen LogP contribution in [0.1, 0.15) is 69.8 Å². The Bertz CT molecular complexity index is 1210. The zero-order chi connectivity index (χ0) is 30.3. The van der Waals surface area contributed by atoms with Crippen molar-refractivity contribution >= 4 is 34.4 Å². The van der Waals surface area contributed by atoms with Gasteiger partial charge in [0.25, 0.3) is 0 Å². The van der Waals surface area contributed by atoms with Gasteiger partial charge in [-0.3, -0.25) is 9.59 Å². The minimum Gasteiger partial charge on any atom is -0.493 e. The highest BCUT2D eigenvalue weighted by Crippen LogP contribution is 2.60. The number of nitrogens with one attached hydrogen (secondary N) is 1. The molecule has 6 aliphatic carbocycles. The first-order chi connectivity index (χ1) is 20.7. The molecule has 0 radical (unpaired) electrons. The number of rotatable bonds is 11. The molecular weight excluding hydrogens is 663 g/mol. The SMILES string of the molecule is COc1cc(CO)cc(I)c1OC1C=C(C(=O)NCCO)CC(N(CC23CC4CC(CC(C4)C2)C3)C(=O)C2CCC2)C1O. The van der Waals surface area contributed by atoms with Crippen LogP contribution >= 0.6 is 22.6 Å². The number of hydrogen-bond acceptors (Lipinski definition) is 7. The third-order valence-electron chi connectivity index (χ3n) is 10.7. The molecule has 1 aromatic carbocycles. The number of halogens is 1. The molecule has 10 heteroatoms. The van der Waals surface area contributed by atoms with E-state index in [0.717, 1.165) is 56.3 Å². The van der Waals surface area contributed by atoms with E-state index in [9.17, 15) is 24.9 Å². The molecule has 5 fully saturated rings. The van der Waals surface area contributed by atoms with E-state index >= 15 is 0 Å². The summed E-state index contributed by atoms with van der Waals surface area (Å²) in [6.07, 6.45) is 10.0. The lowest BCUT2D eigenvalue weighted by molar-refractivity contribution is -0.153. The molecule has 236 valence electrons. The smallest absolute Gasteiger partial charge is 0.247 e. The van der Waals surface area contributed by atoms with Gasteiger partial charge in [0, 0.05) is 31.0 Å². The molecule has 0 saturated heterocycles. The molecule has 0 aromatic heterocycles. The number of ether oxygens (including phenoxy) is 2. The van der Waals surface area contributed by atoms with E-state index in [-0.39, 0.29) is 49.3 Å². The standard InChI is InChI=1S/C33H45IN2O7/c1-42-28-11-22(17-38)10-25(34)30(28)43-27-13-24(31(40)35-5-6-37)12-26(29(27)39)36(32(41)23-3-2-4-23)18-33-14-19-7-20(15-33)9-21(8-19)16-33/h10-11,13,19-21,23,26-27,29,37-39H,2-9,12,14-18H2,1H3,(H,35,40). The largest absolute Gasteiger partial charge is 0.493 e. The quantitative estimate of drug-likeness (QED) is 0.259. The van der Waals surface area contributed by atoms with Crippen molar-refractivity contribution in [1.29, 1.82) is 0 Å². The summed E-state index contributed by atoms with van der Waals surface area (Å²) in [6, 6.07) is 2.87. The second-order valence-corrected chi connectivity index (χ2v) is 15.0. The minimum atomic E-state index is -1.06. The third-order valence-corrected chi connectivity index (χ3v) is 11.6. The highest BCUT2D eigenvalue weighted by molar-refractivity contribution is 14.1. The van der Waals surface area contributed by atoms with Crippen molar-refractivity contribution < 1.29 is 34.4 Å². The van der Waals surface area contributed by atoms with Crippen molar-refractivity contribution in [2.45, 2.75) is 89.1 Å². The minimum absolute atomic E-state index is 0.0369. The zero-order valence-electron chi connectivity index (χ0n) is 25.0. The number of benzene rings is 1. The van der Waals surface area contributed by atoms with Crippen LogP contribution < -0.4 is 14.8 Å². The van der Waals surface area contributed by atoms with Crippen LogP contribution in [-0.4, -0.2) is 77.1 Å².